The summed E-state index contributed by atoms with van der Waals surface area (Å²) in [6, 6.07) is -0.914. The van der Waals surface area contributed by atoms with Crippen LogP contribution in [0.5, 0.6) is 0 Å². The molecule has 0 spiro atoms. The lowest BCUT2D eigenvalue weighted by atomic mass is 10.0. The summed E-state index contributed by atoms with van der Waals surface area (Å²) < 4.78 is 23.2. The largest absolute Gasteiger partial charge is 0.756 e. The van der Waals surface area contributed by atoms with E-state index >= 15 is 0 Å². The Labute approximate surface area is 384 Å². The Hall–Kier alpha value is -1.54. The van der Waals surface area contributed by atoms with Gasteiger partial charge < -0.3 is 28.8 Å². The standard InChI is InChI=1S/C53H101N2O6P/c1-6-8-10-12-14-16-18-20-21-22-23-24-25-26-27-28-29-30-31-32-33-35-36-38-40-42-44-46-52(56)51(50-61-62(58,59)60-49-48-55(3,4)5)54-53(57)47-45-43-41-39-37-34-19-17-15-13-11-9-7-2/h17,19,31-32,36,38,44,46,51-52,56H,6-16,18,20-30,33-35,37,39-43,45,47-50H2,1-5H3,(H-,54,57,58,59)/b19-17-,32-31+,38-36+,46-44+. The molecular weight excluding hydrogens is 792 g/mol. The van der Waals surface area contributed by atoms with E-state index in [-0.39, 0.29) is 12.5 Å². The van der Waals surface area contributed by atoms with Gasteiger partial charge in [-0.2, -0.15) is 0 Å². The van der Waals surface area contributed by atoms with Gasteiger partial charge in [-0.1, -0.05) is 204 Å². The van der Waals surface area contributed by atoms with E-state index in [1.54, 1.807) is 6.08 Å². The molecule has 0 radical (unpaired) electrons. The van der Waals surface area contributed by atoms with E-state index in [0.29, 0.717) is 17.4 Å². The molecule has 0 saturated heterocycles. The summed E-state index contributed by atoms with van der Waals surface area (Å²) >= 11 is 0. The normalized spacial score (nSPS) is 14.5. The van der Waals surface area contributed by atoms with E-state index < -0.39 is 26.6 Å². The number of amides is 1. The smallest absolute Gasteiger partial charge is 0.268 e. The second kappa shape index (κ2) is 44.7. The Bertz CT molecular complexity index is 1150. The number of unbranched alkanes of at least 4 members (excludes halogenated alkanes) is 28. The van der Waals surface area contributed by atoms with E-state index in [4.69, 9.17) is 9.05 Å². The third kappa shape index (κ3) is 46.5. The summed E-state index contributed by atoms with van der Waals surface area (Å²) in [5, 5.41) is 13.8. The van der Waals surface area contributed by atoms with Gasteiger partial charge in [-0.15, -0.1) is 0 Å². The summed E-state index contributed by atoms with van der Waals surface area (Å²) in [4.78, 5) is 25.3. The Balaban J connectivity index is 4.30. The minimum absolute atomic E-state index is 0.0114. The summed E-state index contributed by atoms with van der Waals surface area (Å²) in [6.45, 7) is 4.60. The average Bonchev–Trinajstić information content (AvgIpc) is 3.23. The highest BCUT2D eigenvalue weighted by Crippen LogP contribution is 2.38. The predicted molar refractivity (Wildman–Crippen MR) is 265 cm³/mol. The van der Waals surface area contributed by atoms with Crippen LogP contribution in [0.4, 0.5) is 0 Å². The number of hydrogen-bond donors (Lipinski definition) is 2. The van der Waals surface area contributed by atoms with Crippen LogP contribution in [-0.4, -0.2) is 68.5 Å². The number of likely N-dealkylation sites (N-methyl/N-ethyl adjacent to an activating group) is 1. The highest BCUT2D eigenvalue weighted by Gasteiger charge is 2.23. The van der Waals surface area contributed by atoms with Crippen molar-refractivity contribution < 1.29 is 32.9 Å². The first-order chi connectivity index (χ1) is 30.0. The van der Waals surface area contributed by atoms with Crippen LogP contribution >= 0.6 is 7.82 Å². The van der Waals surface area contributed by atoms with Gasteiger partial charge in [0.05, 0.1) is 39.9 Å². The number of rotatable bonds is 47. The maximum absolute atomic E-state index is 12.9. The fraction of sp³-hybridized carbons (Fsp3) is 0.830. The molecule has 0 aliphatic rings. The maximum atomic E-state index is 12.9. The average molecular weight is 893 g/mol. The quantitative estimate of drug-likeness (QED) is 0.0273. The number of nitrogens with one attached hydrogen (secondary N) is 1. The second-order valence-electron chi connectivity index (χ2n) is 18.9. The number of phosphoric acid groups is 1. The monoisotopic (exact) mass is 893 g/mol. The van der Waals surface area contributed by atoms with Gasteiger partial charge in [-0.3, -0.25) is 9.36 Å². The Morgan fingerprint density at radius 1 is 0.548 bits per heavy atom. The molecule has 3 unspecified atom stereocenters. The molecule has 0 fully saturated rings. The van der Waals surface area contributed by atoms with Gasteiger partial charge in [0.25, 0.3) is 7.82 Å². The summed E-state index contributed by atoms with van der Waals surface area (Å²) in [6.07, 6.45) is 57.6. The lowest BCUT2D eigenvalue weighted by Crippen LogP contribution is -2.45. The number of quaternary nitrogens is 1. The zero-order chi connectivity index (χ0) is 45.7. The van der Waals surface area contributed by atoms with Crippen molar-refractivity contribution in [1.29, 1.82) is 0 Å². The number of carbonyl (C=O) groups is 1. The SMILES string of the molecule is CCCCCC/C=C\CCCCCCCC(=O)NC(COP(=O)([O-])OCC[N+](C)(C)C)C(O)/C=C/CC/C=C/CC/C=C/CCCCCCCCCCCCCCCCCCC. The van der Waals surface area contributed by atoms with Crippen LogP contribution in [0.2, 0.25) is 0 Å². The molecular formula is C53H101N2O6P. The number of phosphoric ester groups is 1. The lowest BCUT2D eigenvalue weighted by molar-refractivity contribution is -0.870. The van der Waals surface area contributed by atoms with E-state index in [0.717, 1.165) is 64.2 Å². The van der Waals surface area contributed by atoms with E-state index in [2.05, 4.69) is 55.6 Å². The van der Waals surface area contributed by atoms with Crippen LogP contribution in [0, 0.1) is 0 Å². The number of nitrogens with zero attached hydrogens (tertiary/aromatic N) is 1. The van der Waals surface area contributed by atoms with Gasteiger partial charge in [-0.25, -0.2) is 0 Å². The van der Waals surface area contributed by atoms with Crippen molar-refractivity contribution in [1.82, 2.24) is 5.32 Å². The molecule has 0 bridgehead atoms. The zero-order valence-corrected chi connectivity index (χ0v) is 42.2. The predicted octanol–water partition coefficient (Wildman–Crippen LogP) is 14.6. The molecule has 2 N–H and O–H groups in total. The Kier molecular flexibility index (Phi) is 43.5. The van der Waals surface area contributed by atoms with Crippen LogP contribution in [0.15, 0.2) is 48.6 Å². The van der Waals surface area contributed by atoms with Gasteiger partial charge in [0.15, 0.2) is 0 Å². The molecule has 0 aromatic heterocycles. The molecule has 0 aromatic rings. The van der Waals surface area contributed by atoms with Gasteiger partial charge in [-0.05, 0) is 70.6 Å². The molecule has 9 heteroatoms. The molecule has 62 heavy (non-hydrogen) atoms. The van der Waals surface area contributed by atoms with Crippen molar-refractivity contribution in [3.63, 3.8) is 0 Å². The Morgan fingerprint density at radius 3 is 1.32 bits per heavy atom. The van der Waals surface area contributed by atoms with Crippen LogP contribution in [0.1, 0.15) is 232 Å². The zero-order valence-electron chi connectivity index (χ0n) is 41.3. The van der Waals surface area contributed by atoms with Crippen molar-refractivity contribution in [2.75, 3.05) is 40.9 Å². The minimum Gasteiger partial charge on any atom is -0.756 e. The fourth-order valence-electron chi connectivity index (χ4n) is 7.36. The highest BCUT2D eigenvalue weighted by atomic mass is 31.2. The molecule has 8 nitrogen and oxygen atoms in total. The van der Waals surface area contributed by atoms with Gasteiger partial charge in [0.2, 0.25) is 5.91 Å². The molecule has 1 amide bonds. The number of allylic oxidation sites excluding steroid dienone is 7. The lowest BCUT2D eigenvalue weighted by Gasteiger charge is -2.29. The van der Waals surface area contributed by atoms with Crippen LogP contribution < -0.4 is 10.2 Å². The number of aliphatic hydroxyl groups excluding tert-OH is 1. The molecule has 0 aliphatic carbocycles. The molecule has 0 heterocycles. The van der Waals surface area contributed by atoms with Gasteiger partial charge in [0, 0.05) is 6.42 Å². The summed E-state index contributed by atoms with van der Waals surface area (Å²) in [7, 11) is 1.23. The van der Waals surface area contributed by atoms with Gasteiger partial charge >= 0.3 is 0 Å². The number of hydrogen-bond acceptors (Lipinski definition) is 6. The third-order valence-corrected chi connectivity index (χ3v) is 12.5. The molecule has 0 aromatic carbocycles. The first-order valence-corrected chi connectivity index (χ1v) is 27.5. The summed E-state index contributed by atoms with van der Waals surface area (Å²) in [5.74, 6) is -0.221. The number of aliphatic hydroxyl groups is 1. The highest BCUT2D eigenvalue weighted by molar-refractivity contribution is 7.45. The first kappa shape index (κ1) is 60.5. The molecule has 3 atom stereocenters. The van der Waals surface area contributed by atoms with Crippen molar-refractivity contribution in [3.05, 3.63) is 48.6 Å². The van der Waals surface area contributed by atoms with Crippen molar-refractivity contribution in [3.8, 4) is 0 Å². The summed E-state index contributed by atoms with van der Waals surface area (Å²) in [5.41, 5.74) is 0. The Morgan fingerprint density at radius 2 is 0.903 bits per heavy atom. The van der Waals surface area contributed by atoms with E-state index in [9.17, 15) is 19.4 Å². The third-order valence-electron chi connectivity index (χ3n) is 11.5. The minimum atomic E-state index is -4.60. The van der Waals surface area contributed by atoms with Crippen LogP contribution in [0.3, 0.4) is 0 Å². The maximum Gasteiger partial charge on any atom is 0.268 e. The molecule has 0 aliphatic heterocycles. The van der Waals surface area contributed by atoms with Crippen LogP contribution in [-0.2, 0) is 18.4 Å². The van der Waals surface area contributed by atoms with E-state index in [1.165, 1.54) is 148 Å². The van der Waals surface area contributed by atoms with Crippen molar-refractivity contribution in [2.24, 2.45) is 0 Å². The number of carbonyl (C=O) groups excluding carboxylic acids is 1. The molecule has 364 valence electrons. The molecule has 0 saturated carbocycles. The van der Waals surface area contributed by atoms with Crippen LogP contribution in [0.25, 0.3) is 0 Å². The van der Waals surface area contributed by atoms with Gasteiger partial charge in [0.1, 0.15) is 13.2 Å². The van der Waals surface area contributed by atoms with Crippen molar-refractivity contribution >= 4 is 13.7 Å². The first-order valence-electron chi connectivity index (χ1n) is 26.0. The second-order valence-corrected chi connectivity index (χ2v) is 20.3. The topological polar surface area (TPSA) is 108 Å². The van der Waals surface area contributed by atoms with Crippen molar-refractivity contribution in [2.45, 2.75) is 244 Å². The van der Waals surface area contributed by atoms with E-state index in [1.807, 2.05) is 27.2 Å². The fourth-order valence-corrected chi connectivity index (χ4v) is 8.08. The molecule has 0 rings (SSSR count).